The third-order valence-electron chi connectivity index (χ3n) is 2.65. The molecule has 5 heteroatoms. The molecule has 1 rings (SSSR count). The Morgan fingerprint density at radius 1 is 1.38 bits per heavy atom. The normalized spacial score (nSPS) is 9.48. The summed E-state index contributed by atoms with van der Waals surface area (Å²) in [6, 6.07) is 5.27. The van der Waals surface area contributed by atoms with E-state index in [1.807, 2.05) is 13.0 Å². The summed E-state index contributed by atoms with van der Waals surface area (Å²) < 4.78 is 4.75. The molecule has 2 N–H and O–H groups in total. The van der Waals surface area contributed by atoms with E-state index < -0.39 is 5.97 Å². The Balaban J connectivity index is 2.77. The highest BCUT2D eigenvalue weighted by Gasteiger charge is 2.11. The van der Waals surface area contributed by atoms with Crippen LogP contribution in [0.3, 0.4) is 0 Å². The Hall–Kier alpha value is -2.32. The molecule has 1 aromatic carbocycles. The minimum atomic E-state index is -0.470. The second-order valence-corrected chi connectivity index (χ2v) is 4.29. The molecule has 0 aliphatic carbocycles. The predicted molar refractivity (Wildman–Crippen MR) is 78.7 cm³/mol. The average molecular weight is 289 g/mol. The lowest BCUT2D eigenvalue weighted by atomic mass is 10.0. The summed E-state index contributed by atoms with van der Waals surface area (Å²) in [7, 11) is 0. The number of carbonyl (C=O) groups excluding carboxylic acids is 2. The van der Waals surface area contributed by atoms with Crippen LogP contribution in [0.5, 0.6) is 0 Å². The largest absolute Gasteiger partial charge is 0.465 e. The molecule has 0 aliphatic rings. The van der Waals surface area contributed by atoms with Crippen molar-refractivity contribution in [1.82, 2.24) is 5.32 Å². The SMILES string of the molecule is CCOC(=O)CNC(=O)c1cc(C#CCCO)ccc1C. The number of amides is 1. The molecule has 0 saturated heterocycles. The first-order valence-corrected chi connectivity index (χ1v) is 6.72. The van der Waals surface area contributed by atoms with Crippen LogP contribution in [0.15, 0.2) is 18.2 Å². The number of benzene rings is 1. The van der Waals surface area contributed by atoms with Crippen LogP contribution < -0.4 is 5.32 Å². The van der Waals surface area contributed by atoms with Gasteiger partial charge in [-0.05, 0) is 31.5 Å². The number of rotatable bonds is 5. The highest BCUT2D eigenvalue weighted by Crippen LogP contribution is 2.10. The van der Waals surface area contributed by atoms with Crippen LogP contribution in [0.2, 0.25) is 0 Å². The summed E-state index contributed by atoms with van der Waals surface area (Å²) >= 11 is 0. The molecule has 21 heavy (non-hydrogen) atoms. The molecular formula is C16H19NO4. The zero-order valence-electron chi connectivity index (χ0n) is 12.2. The van der Waals surface area contributed by atoms with Gasteiger partial charge in [0, 0.05) is 17.5 Å². The second-order valence-electron chi connectivity index (χ2n) is 4.29. The van der Waals surface area contributed by atoms with E-state index in [1.165, 1.54) is 0 Å². The number of esters is 1. The smallest absolute Gasteiger partial charge is 0.325 e. The lowest BCUT2D eigenvalue weighted by molar-refractivity contribution is -0.141. The molecule has 0 bridgehead atoms. The van der Waals surface area contributed by atoms with Gasteiger partial charge in [-0.25, -0.2) is 0 Å². The average Bonchev–Trinajstić information content (AvgIpc) is 2.47. The Bertz CT molecular complexity index is 569. The zero-order chi connectivity index (χ0) is 15.7. The van der Waals surface area contributed by atoms with E-state index >= 15 is 0 Å². The summed E-state index contributed by atoms with van der Waals surface area (Å²) in [6.45, 7) is 3.64. The monoisotopic (exact) mass is 289 g/mol. The van der Waals surface area contributed by atoms with Gasteiger partial charge in [-0.3, -0.25) is 9.59 Å². The first-order valence-electron chi connectivity index (χ1n) is 6.72. The maximum atomic E-state index is 12.0. The summed E-state index contributed by atoms with van der Waals surface area (Å²) in [5, 5.41) is 11.2. The summed E-state index contributed by atoms with van der Waals surface area (Å²) in [5.74, 6) is 4.86. The number of nitrogens with one attached hydrogen (secondary N) is 1. The maximum absolute atomic E-state index is 12.0. The Kier molecular flexibility index (Phi) is 6.99. The van der Waals surface area contributed by atoms with Gasteiger partial charge in [0.2, 0.25) is 0 Å². The fraction of sp³-hybridized carbons (Fsp3) is 0.375. The van der Waals surface area contributed by atoms with Crippen LogP contribution >= 0.6 is 0 Å². The van der Waals surface area contributed by atoms with E-state index in [-0.39, 0.29) is 25.7 Å². The first-order chi connectivity index (χ1) is 10.1. The molecule has 0 aliphatic heterocycles. The molecule has 0 fully saturated rings. The van der Waals surface area contributed by atoms with E-state index in [9.17, 15) is 9.59 Å². The Morgan fingerprint density at radius 2 is 2.14 bits per heavy atom. The van der Waals surface area contributed by atoms with Crippen molar-refractivity contribution in [2.24, 2.45) is 0 Å². The molecule has 0 atom stereocenters. The topological polar surface area (TPSA) is 75.6 Å². The molecule has 1 aromatic rings. The summed E-state index contributed by atoms with van der Waals surface area (Å²) in [5.41, 5.74) is 1.95. The van der Waals surface area contributed by atoms with Crippen LogP contribution in [0.1, 0.15) is 34.8 Å². The highest BCUT2D eigenvalue weighted by atomic mass is 16.5. The second kappa shape index (κ2) is 8.77. The van der Waals surface area contributed by atoms with E-state index in [1.54, 1.807) is 19.1 Å². The Morgan fingerprint density at radius 3 is 2.81 bits per heavy atom. The van der Waals surface area contributed by atoms with Gasteiger partial charge in [-0.2, -0.15) is 0 Å². The van der Waals surface area contributed by atoms with Crippen molar-refractivity contribution in [2.45, 2.75) is 20.3 Å². The summed E-state index contributed by atoms with van der Waals surface area (Å²) in [6.07, 6.45) is 0.387. The molecule has 1 amide bonds. The third kappa shape index (κ3) is 5.67. The molecular weight excluding hydrogens is 270 g/mol. The summed E-state index contributed by atoms with van der Waals surface area (Å²) in [4.78, 5) is 23.3. The van der Waals surface area contributed by atoms with Crippen molar-refractivity contribution in [3.05, 3.63) is 34.9 Å². The Labute approximate surface area is 124 Å². The van der Waals surface area contributed by atoms with Crippen molar-refractivity contribution < 1.29 is 19.4 Å². The zero-order valence-corrected chi connectivity index (χ0v) is 12.2. The molecule has 112 valence electrons. The predicted octanol–water partition coefficient (Wildman–Crippen LogP) is 1.02. The van der Waals surface area contributed by atoms with Gasteiger partial charge in [0.05, 0.1) is 13.2 Å². The molecule has 0 spiro atoms. The highest BCUT2D eigenvalue weighted by molar-refractivity contribution is 5.97. The fourth-order valence-corrected chi connectivity index (χ4v) is 1.62. The molecule has 0 radical (unpaired) electrons. The number of carbonyl (C=O) groups is 2. The van der Waals surface area contributed by atoms with Crippen LogP contribution in [0, 0.1) is 18.8 Å². The molecule has 0 unspecified atom stereocenters. The van der Waals surface area contributed by atoms with Gasteiger partial charge >= 0.3 is 5.97 Å². The molecule has 0 saturated carbocycles. The van der Waals surface area contributed by atoms with Crippen molar-refractivity contribution in [2.75, 3.05) is 19.8 Å². The van der Waals surface area contributed by atoms with Crippen LogP contribution in [0.4, 0.5) is 0 Å². The molecule has 0 heterocycles. The van der Waals surface area contributed by atoms with Crippen molar-refractivity contribution >= 4 is 11.9 Å². The van der Waals surface area contributed by atoms with Gasteiger partial charge < -0.3 is 15.2 Å². The number of aliphatic hydroxyl groups is 1. The molecule has 5 nitrogen and oxygen atoms in total. The quantitative estimate of drug-likeness (QED) is 0.627. The third-order valence-corrected chi connectivity index (χ3v) is 2.65. The van der Waals surface area contributed by atoms with E-state index in [4.69, 9.17) is 9.84 Å². The number of hydrogen-bond acceptors (Lipinski definition) is 4. The number of ether oxygens (including phenoxy) is 1. The maximum Gasteiger partial charge on any atom is 0.325 e. The number of aryl methyl sites for hydroxylation is 1. The van der Waals surface area contributed by atoms with Gasteiger partial charge in [0.15, 0.2) is 0 Å². The van der Waals surface area contributed by atoms with Gasteiger partial charge in [0.25, 0.3) is 5.91 Å². The minimum Gasteiger partial charge on any atom is -0.465 e. The van der Waals surface area contributed by atoms with Crippen LogP contribution in [-0.2, 0) is 9.53 Å². The fourth-order valence-electron chi connectivity index (χ4n) is 1.62. The van der Waals surface area contributed by atoms with Gasteiger partial charge in [-0.15, -0.1) is 0 Å². The number of hydrogen-bond donors (Lipinski definition) is 2. The lowest BCUT2D eigenvalue weighted by Crippen LogP contribution is -2.31. The lowest BCUT2D eigenvalue weighted by Gasteiger charge is -2.08. The van der Waals surface area contributed by atoms with E-state index in [2.05, 4.69) is 17.2 Å². The van der Waals surface area contributed by atoms with Gasteiger partial charge in [-0.1, -0.05) is 17.9 Å². The van der Waals surface area contributed by atoms with Crippen molar-refractivity contribution in [3.8, 4) is 11.8 Å². The van der Waals surface area contributed by atoms with Gasteiger partial charge in [0.1, 0.15) is 6.54 Å². The van der Waals surface area contributed by atoms with Crippen LogP contribution in [-0.4, -0.2) is 36.7 Å². The van der Waals surface area contributed by atoms with Crippen LogP contribution in [0.25, 0.3) is 0 Å². The first kappa shape index (κ1) is 16.7. The van der Waals surface area contributed by atoms with E-state index in [0.29, 0.717) is 17.5 Å². The molecule has 0 aromatic heterocycles. The standard InChI is InChI=1S/C16H19NO4/c1-3-21-15(19)11-17-16(20)14-10-13(6-4-5-9-18)8-7-12(14)2/h7-8,10,18H,3,5,9,11H2,1-2H3,(H,17,20). The van der Waals surface area contributed by atoms with Crippen molar-refractivity contribution in [1.29, 1.82) is 0 Å². The van der Waals surface area contributed by atoms with E-state index in [0.717, 1.165) is 5.56 Å². The minimum absolute atomic E-state index is 0.00570. The number of aliphatic hydroxyl groups excluding tert-OH is 1. The van der Waals surface area contributed by atoms with Crippen molar-refractivity contribution in [3.63, 3.8) is 0 Å².